The van der Waals surface area contributed by atoms with E-state index in [0.717, 1.165) is 6.07 Å². The Hall–Kier alpha value is -2.44. The van der Waals surface area contributed by atoms with Crippen LogP contribution < -0.4 is 5.32 Å². The normalized spacial score (nSPS) is 10.6. The van der Waals surface area contributed by atoms with Crippen molar-refractivity contribution in [2.75, 3.05) is 6.54 Å². The lowest BCUT2D eigenvalue weighted by Crippen LogP contribution is -2.25. The maximum absolute atomic E-state index is 13.3. The molecule has 19 heavy (non-hydrogen) atoms. The molecule has 0 atom stereocenters. The van der Waals surface area contributed by atoms with E-state index in [1.54, 1.807) is 0 Å². The summed E-state index contributed by atoms with van der Waals surface area (Å²) in [6, 6.07) is 2.36. The Bertz CT molecular complexity index is 624. The number of carboxylic acid groups (broad SMARTS) is 1. The number of rotatable bonds is 5. The number of aromatic nitrogens is 2. The van der Waals surface area contributed by atoms with Gasteiger partial charge in [-0.05, 0) is 18.6 Å². The first-order valence-electron chi connectivity index (χ1n) is 5.70. The average molecular weight is 265 g/mol. The molecule has 0 saturated carbocycles. The van der Waals surface area contributed by atoms with Crippen LogP contribution in [-0.2, 0) is 4.79 Å². The number of carbonyl (C=O) groups is 2. The van der Waals surface area contributed by atoms with Crippen LogP contribution in [0.2, 0.25) is 0 Å². The van der Waals surface area contributed by atoms with Crippen molar-refractivity contribution in [1.29, 1.82) is 0 Å². The molecule has 2 rings (SSSR count). The molecule has 1 aromatic heterocycles. The van der Waals surface area contributed by atoms with Crippen molar-refractivity contribution in [3.8, 4) is 0 Å². The van der Waals surface area contributed by atoms with Gasteiger partial charge in [0.1, 0.15) is 11.3 Å². The van der Waals surface area contributed by atoms with Crippen LogP contribution in [0.4, 0.5) is 4.39 Å². The first kappa shape index (κ1) is 13.0. The lowest BCUT2D eigenvalue weighted by molar-refractivity contribution is -0.137. The minimum Gasteiger partial charge on any atom is -0.481 e. The van der Waals surface area contributed by atoms with Gasteiger partial charge in [-0.15, -0.1) is 0 Å². The highest BCUT2D eigenvalue weighted by Gasteiger charge is 2.13. The summed E-state index contributed by atoms with van der Waals surface area (Å²) in [4.78, 5) is 28.9. The molecule has 3 N–H and O–H groups in total. The zero-order valence-corrected chi connectivity index (χ0v) is 9.94. The van der Waals surface area contributed by atoms with Crippen LogP contribution >= 0.6 is 0 Å². The van der Waals surface area contributed by atoms with Gasteiger partial charge in [0.2, 0.25) is 0 Å². The number of benzene rings is 1. The topological polar surface area (TPSA) is 95.1 Å². The van der Waals surface area contributed by atoms with Crippen molar-refractivity contribution >= 4 is 22.9 Å². The van der Waals surface area contributed by atoms with Gasteiger partial charge in [-0.1, -0.05) is 0 Å². The minimum absolute atomic E-state index is 0.0265. The summed E-state index contributed by atoms with van der Waals surface area (Å²) in [6.07, 6.45) is 1.67. The monoisotopic (exact) mass is 265 g/mol. The van der Waals surface area contributed by atoms with Crippen molar-refractivity contribution in [2.24, 2.45) is 0 Å². The van der Waals surface area contributed by atoms with Crippen molar-refractivity contribution < 1.29 is 19.1 Å². The third-order valence-electron chi connectivity index (χ3n) is 2.59. The molecule has 7 heteroatoms. The molecule has 0 spiro atoms. The number of carboxylic acids is 1. The van der Waals surface area contributed by atoms with Gasteiger partial charge >= 0.3 is 5.97 Å². The molecule has 1 aromatic carbocycles. The summed E-state index contributed by atoms with van der Waals surface area (Å²) >= 11 is 0. The van der Waals surface area contributed by atoms with Crippen LogP contribution in [0, 0.1) is 5.82 Å². The molecule has 2 aromatic rings. The summed E-state index contributed by atoms with van der Waals surface area (Å²) in [7, 11) is 0. The largest absolute Gasteiger partial charge is 0.481 e. The van der Waals surface area contributed by atoms with Crippen LogP contribution in [-0.4, -0.2) is 33.5 Å². The standard InChI is InChI=1S/C12H12FN3O3/c13-7-4-8(11-9(5-7)15-6-16-11)12(19)14-3-1-2-10(17)18/h4-6H,1-3H2,(H,14,19)(H,15,16)(H,17,18). The number of fused-ring (bicyclic) bond motifs is 1. The molecule has 1 heterocycles. The molecule has 0 fully saturated rings. The number of amides is 1. The molecular weight excluding hydrogens is 253 g/mol. The molecule has 1 amide bonds. The average Bonchev–Trinajstić information content (AvgIpc) is 2.80. The van der Waals surface area contributed by atoms with E-state index in [2.05, 4.69) is 15.3 Å². The van der Waals surface area contributed by atoms with Crippen LogP contribution in [0.5, 0.6) is 0 Å². The number of hydrogen-bond donors (Lipinski definition) is 3. The number of hydrogen-bond acceptors (Lipinski definition) is 3. The van der Waals surface area contributed by atoms with Gasteiger partial charge in [0.25, 0.3) is 5.91 Å². The number of aliphatic carboxylic acids is 1. The smallest absolute Gasteiger partial charge is 0.303 e. The second-order valence-corrected chi connectivity index (χ2v) is 4.01. The summed E-state index contributed by atoms with van der Waals surface area (Å²) in [6.45, 7) is 0.216. The predicted octanol–water partition coefficient (Wildman–Crippen LogP) is 1.30. The predicted molar refractivity (Wildman–Crippen MR) is 65.3 cm³/mol. The molecule has 0 bridgehead atoms. The van der Waals surface area contributed by atoms with Crippen molar-refractivity contribution in [1.82, 2.24) is 15.3 Å². The summed E-state index contributed by atoms with van der Waals surface area (Å²) in [5, 5.41) is 11.0. The Morgan fingerprint density at radius 3 is 2.95 bits per heavy atom. The molecule has 0 unspecified atom stereocenters. The zero-order chi connectivity index (χ0) is 13.8. The van der Waals surface area contributed by atoms with E-state index in [1.807, 2.05) is 0 Å². The van der Waals surface area contributed by atoms with Gasteiger partial charge in [-0.2, -0.15) is 0 Å². The van der Waals surface area contributed by atoms with Gasteiger partial charge in [0.15, 0.2) is 0 Å². The van der Waals surface area contributed by atoms with Gasteiger partial charge < -0.3 is 15.4 Å². The number of carbonyl (C=O) groups excluding carboxylic acids is 1. The number of nitrogens with zero attached hydrogens (tertiary/aromatic N) is 1. The van der Waals surface area contributed by atoms with Crippen LogP contribution in [0.15, 0.2) is 18.5 Å². The summed E-state index contributed by atoms with van der Waals surface area (Å²) < 4.78 is 13.3. The Kier molecular flexibility index (Phi) is 3.74. The number of aromatic amines is 1. The van der Waals surface area contributed by atoms with Crippen molar-refractivity contribution in [2.45, 2.75) is 12.8 Å². The third-order valence-corrected chi connectivity index (χ3v) is 2.59. The first-order valence-corrected chi connectivity index (χ1v) is 5.70. The molecule has 0 saturated heterocycles. The number of halogens is 1. The third kappa shape index (κ3) is 3.06. The maximum atomic E-state index is 13.3. The molecular formula is C12H12FN3O3. The van der Waals surface area contributed by atoms with Gasteiger partial charge in [-0.3, -0.25) is 9.59 Å². The molecule has 0 aliphatic heterocycles. The second kappa shape index (κ2) is 5.47. The number of H-pyrrole nitrogens is 1. The van der Waals surface area contributed by atoms with Crippen molar-refractivity contribution in [3.05, 3.63) is 29.8 Å². The van der Waals surface area contributed by atoms with Gasteiger partial charge in [-0.25, -0.2) is 9.37 Å². The number of nitrogens with one attached hydrogen (secondary N) is 2. The second-order valence-electron chi connectivity index (χ2n) is 4.01. The number of imidazole rings is 1. The fourth-order valence-electron chi connectivity index (χ4n) is 1.72. The van der Waals surface area contributed by atoms with E-state index in [-0.39, 0.29) is 18.5 Å². The molecule has 0 aliphatic rings. The maximum Gasteiger partial charge on any atom is 0.303 e. The molecule has 0 radical (unpaired) electrons. The van der Waals surface area contributed by atoms with E-state index < -0.39 is 17.7 Å². The minimum atomic E-state index is -0.922. The van der Waals surface area contributed by atoms with E-state index in [4.69, 9.17) is 5.11 Å². The summed E-state index contributed by atoms with van der Waals surface area (Å²) in [5.74, 6) is -1.93. The fourth-order valence-corrected chi connectivity index (χ4v) is 1.72. The van der Waals surface area contributed by atoms with E-state index in [1.165, 1.54) is 12.4 Å². The van der Waals surface area contributed by atoms with E-state index >= 15 is 0 Å². The van der Waals surface area contributed by atoms with Gasteiger partial charge in [0, 0.05) is 13.0 Å². The lowest BCUT2D eigenvalue weighted by Gasteiger charge is -2.05. The first-order chi connectivity index (χ1) is 9.08. The highest BCUT2D eigenvalue weighted by Crippen LogP contribution is 2.17. The highest BCUT2D eigenvalue weighted by molar-refractivity contribution is 6.04. The summed E-state index contributed by atoms with van der Waals surface area (Å²) in [5.41, 5.74) is 0.958. The Morgan fingerprint density at radius 2 is 2.21 bits per heavy atom. The van der Waals surface area contributed by atoms with E-state index in [0.29, 0.717) is 17.5 Å². The molecule has 0 aliphatic carbocycles. The Labute approximate surface area is 107 Å². The van der Waals surface area contributed by atoms with Crippen LogP contribution in [0.25, 0.3) is 11.0 Å². The quantitative estimate of drug-likeness (QED) is 0.710. The zero-order valence-electron chi connectivity index (χ0n) is 9.94. The SMILES string of the molecule is O=C(O)CCCNC(=O)c1cc(F)cc2[nH]cnc12. The van der Waals surface area contributed by atoms with Crippen LogP contribution in [0.1, 0.15) is 23.2 Å². The van der Waals surface area contributed by atoms with Crippen molar-refractivity contribution in [3.63, 3.8) is 0 Å². The Balaban J connectivity index is 2.08. The van der Waals surface area contributed by atoms with Crippen LogP contribution in [0.3, 0.4) is 0 Å². The highest BCUT2D eigenvalue weighted by atomic mass is 19.1. The van der Waals surface area contributed by atoms with E-state index in [9.17, 15) is 14.0 Å². The molecule has 6 nitrogen and oxygen atoms in total. The fraction of sp³-hybridized carbons (Fsp3) is 0.250. The Morgan fingerprint density at radius 1 is 1.42 bits per heavy atom. The van der Waals surface area contributed by atoms with Gasteiger partial charge in [0.05, 0.1) is 17.4 Å². The lowest BCUT2D eigenvalue weighted by atomic mass is 10.1. The molecule has 100 valence electrons.